The molecular weight excluding hydrogens is 645 g/mol. The highest BCUT2D eigenvalue weighted by Crippen LogP contribution is 2.47. The first-order chi connectivity index (χ1) is 22.5. The third kappa shape index (κ3) is 6.69. The maximum Gasteiger partial charge on any atom is 0.334 e. The average molecular weight is 683 g/mol. The van der Waals surface area contributed by atoms with Crippen molar-refractivity contribution in [2.24, 2.45) is 17.8 Å². The minimum Gasteiger partial charge on any atom is -0.478 e. The molecule has 0 radical (unpaired) electrons. The predicted octanol–water partition coefficient (Wildman–Crippen LogP) is 4.57. The molecule has 248 valence electrons. The number of carboxylic acids is 2. The Bertz CT molecular complexity index is 1600. The summed E-state index contributed by atoms with van der Waals surface area (Å²) in [7, 11) is 0. The van der Waals surface area contributed by atoms with Crippen molar-refractivity contribution in [2.45, 2.75) is 50.2 Å². The van der Waals surface area contributed by atoms with Gasteiger partial charge in [-0.2, -0.15) is 0 Å². The van der Waals surface area contributed by atoms with E-state index < -0.39 is 35.1 Å². The first-order valence-corrected chi connectivity index (χ1v) is 16.7. The minimum absolute atomic E-state index is 0.0103. The number of aliphatic hydroxyl groups is 1. The Balaban J connectivity index is 1.28. The van der Waals surface area contributed by atoms with Gasteiger partial charge in [-0.05, 0) is 49.7 Å². The van der Waals surface area contributed by atoms with Crippen LogP contribution in [0, 0.1) is 17.8 Å². The van der Waals surface area contributed by atoms with Crippen molar-refractivity contribution >= 4 is 46.8 Å². The number of ketones is 1. The first-order valence-electron chi connectivity index (χ1n) is 15.9. The zero-order valence-electron chi connectivity index (χ0n) is 25.6. The van der Waals surface area contributed by atoms with E-state index in [1.165, 1.54) is 12.1 Å². The van der Waals surface area contributed by atoms with Gasteiger partial charge in [-0.15, -0.1) is 0 Å². The molecule has 2 aromatic rings. The fourth-order valence-corrected chi connectivity index (χ4v) is 8.75. The SMILES string of the molecule is O=C(O)C1=CNC(CC(=O)N2CCN(C3CC4CC(O)CC4C3)CC2)=C(C(=O)O)C1C(C(=O)c1ccccc1)c1c(Cl)cccc1Cl. The number of nitrogens with one attached hydrogen (secondary N) is 1. The van der Waals surface area contributed by atoms with Crippen LogP contribution in [0.5, 0.6) is 0 Å². The number of amides is 1. The number of halogens is 2. The molecule has 4 unspecified atom stereocenters. The second-order valence-corrected chi connectivity index (χ2v) is 13.7. The number of rotatable bonds is 9. The van der Waals surface area contributed by atoms with Crippen molar-refractivity contribution in [1.29, 1.82) is 0 Å². The zero-order chi connectivity index (χ0) is 33.4. The topological polar surface area (TPSA) is 147 Å². The highest BCUT2D eigenvalue weighted by molar-refractivity contribution is 6.36. The van der Waals surface area contributed by atoms with Gasteiger partial charge in [-0.3, -0.25) is 14.5 Å². The van der Waals surface area contributed by atoms with Gasteiger partial charge >= 0.3 is 11.9 Å². The molecule has 2 saturated carbocycles. The lowest BCUT2D eigenvalue weighted by Crippen LogP contribution is -2.52. The van der Waals surface area contributed by atoms with Crippen LogP contribution in [0.15, 0.2) is 71.6 Å². The average Bonchev–Trinajstić information content (AvgIpc) is 3.60. The number of hydrogen-bond donors (Lipinski definition) is 4. The second kappa shape index (κ2) is 13.8. The monoisotopic (exact) mass is 681 g/mol. The van der Waals surface area contributed by atoms with E-state index in [0.29, 0.717) is 44.1 Å². The maximum absolute atomic E-state index is 14.2. The molecule has 3 fully saturated rings. The van der Waals surface area contributed by atoms with Crippen molar-refractivity contribution in [1.82, 2.24) is 15.1 Å². The Hall–Kier alpha value is -3.70. The highest BCUT2D eigenvalue weighted by atomic mass is 35.5. The fraction of sp³-hybridized carbons (Fsp3) is 0.429. The lowest BCUT2D eigenvalue weighted by molar-refractivity contribution is -0.134. The molecule has 4 aliphatic rings. The number of Topliss-reactive ketones (excluding diaryl/α,β-unsaturated/α-hetero) is 1. The van der Waals surface area contributed by atoms with E-state index in [0.717, 1.165) is 31.9 Å². The van der Waals surface area contributed by atoms with Gasteiger partial charge in [0, 0.05) is 71.2 Å². The molecule has 4 atom stereocenters. The normalized spacial score (nSPS) is 26.7. The molecule has 1 amide bonds. The molecule has 6 rings (SSSR count). The molecule has 0 bridgehead atoms. The molecule has 2 aliphatic heterocycles. The molecule has 2 aliphatic carbocycles. The van der Waals surface area contributed by atoms with E-state index in [9.17, 15) is 34.5 Å². The molecule has 10 nitrogen and oxygen atoms in total. The van der Waals surface area contributed by atoms with Crippen LogP contribution in [-0.2, 0) is 14.4 Å². The van der Waals surface area contributed by atoms with Crippen LogP contribution < -0.4 is 5.32 Å². The van der Waals surface area contributed by atoms with E-state index >= 15 is 0 Å². The molecule has 2 aromatic carbocycles. The summed E-state index contributed by atoms with van der Waals surface area (Å²) in [4.78, 5) is 57.6. The van der Waals surface area contributed by atoms with E-state index in [4.69, 9.17) is 23.2 Å². The standard InChI is InChI=1S/C35H37Cl2N3O7/c36-25-7-4-8-26(37)30(25)32(33(43)19-5-2-1-3-6-19)29-24(34(44)45)18-38-27(31(29)35(46)47)17-28(42)40-11-9-39(10-12-40)22-13-20-15-23(41)16-21(20)14-22/h1-8,18,20-23,29,32,38,41H,9-17H2,(H,44,45)(H,46,47). The van der Waals surface area contributed by atoms with Crippen LogP contribution in [0.2, 0.25) is 10.0 Å². The number of carbonyl (C=O) groups excluding carboxylic acids is 2. The number of aliphatic hydroxyl groups excluding tert-OH is 1. The number of hydrogen-bond acceptors (Lipinski definition) is 7. The lowest BCUT2D eigenvalue weighted by atomic mass is 9.71. The summed E-state index contributed by atoms with van der Waals surface area (Å²) < 4.78 is 0. The summed E-state index contributed by atoms with van der Waals surface area (Å²) in [5.41, 5.74) is -0.432. The molecule has 4 N–H and O–H groups in total. The smallest absolute Gasteiger partial charge is 0.334 e. The summed E-state index contributed by atoms with van der Waals surface area (Å²) in [5.74, 6) is -5.58. The van der Waals surface area contributed by atoms with Crippen LogP contribution in [-0.4, -0.2) is 87.1 Å². The van der Waals surface area contributed by atoms with Gasteiger partial charge < -0.3 is 25.5 Å². The first kappa shape index (κ1) is 33.2. The van der Waals surface area contributed by atoms with Crippen LogP contribution in [0.3, 0.4) is 0 Å². The van der Waals surface area contributed by atoms with Gasteiger partial charge in [-0.1, -0.05) is 59.6 Å². The summed E-state index contributed by atoms with van der Waals surface area (Å²) >= 11 is 13.2. The number of carbonyl (C=O) groups is 4. The quantitative estimate of drug-likeness (QED) is 0.280. The van der Waals surface area contributed by atoms with Crippen LogP contribution in [0.25, 0.3) is 0 Å². The predicted molar refractivity (Wildman–Crippen MR) is 175 cm³/mol. The number of aliphatic carboxylic acids is 2. The Morgan fingerprint density at radius 1 is 0.830 bits per heavy atom. The molecule has 12 heteroatoms. The van der Waals surface area contributed by atoms with Crippen molar-refractivity contribution < 1.29 is 34.5 Å². The van der Waals surface area contributed by atoms with Crippen LogP contribution in [0.4, 0.5) is 0 Å². The molecule has 2 heterocycles. The number of dihydropyridines is 1. The van der Waals surface area contributed by atoms with E-state index in [2.05, 4.69) is 10.2 Å². The third-order valence-electron chi connectivity index (χ3n) is 10.3. The van der Waals surface area contributed by atoms with E-state index in [1.807, 2.05) is 0 Å². The molecular formula is C35H37Cl2N3O7. The minimum atomic E-state index is -1.52. The summed E-state index contributed by atoms with van der Waals surface area (Å²) in [6.45, 7) is 2.35. The van der Waals surface area contributed by atoms with Crippen molar-refractivity contribution in [2.75, 3.05) is 26.2 Å². The highest BCUT2D eigenvalue weighted by Gasteiger charge is 2.46. The van der Waals surface area contributed by atoms with E-state index in [-0.39, 0.29) is 50.9 Å². The number of piperazine rings is 1. The Labute approximate surface area is 282 Å². The third-order valence-corrected chi connectivity index (χ3v) is 11.0. The van der Waals surface area contributed by atoms with Gasteiger partial charge in [0.15, 0.2) is 5.78 Å². The van der Waals surface area contributed by atoms with Crippen molar-refractivity contribution in [3.05, 3.63) is 92.7 Å². The molecule has 0 spiro atoms. The fourth-order valence-electron chi connectivity index (χ4n) is 8.11. The summed E-state index contributed by atoms with van der Waals surface area (Å²) in [5, 5.41) is 33.8. The van der Waals surface area contributed by atoms with Gasteiger partial charge in [-0.25, -0.2) is 9.59 Å². The van der Waals surface area contributed by atoms with Crippen LogP contribution in [0.1, 0.15) is 53.9 Å². The van der Waals surface area contributed by atoms with Gasteiger partial charge in [0.1, 0.15) is 0 Å². The molecule has 1 saturated heterocycles. The lowest BCUT2D eigenvalue weighted by Gasteiger charge is -2.39. The summed E-state index contributed by atoms with van der Waals surface area (Å²) in [6, 6.07) is 13.2. The van der Waals surface area contributed by atoms with Gasteiger partial charge in [0.25, 0.3) is 0 Å². The zero-order valence-corrected chi connectivity index (χ0v) is 27.2. The second-order valence-electron chi connectivity index (χ2n) is 12.9. The Morgan fingerprint density at radius 2 is 1.45 bits per heavy atom. The van der Waals surface area contributed by atoms with Crippen LogP contribution >= 0.6 is 23.2 Å². The molecule has 47 heavy (non-hydrogen) atoms. The Morgan fingerprint density at radius 3 is 2.02 bits per heavy atom. The molecule has 0 aromatic heterocycles. The summed E-state index contributed by atoms with van der Waals surface area (Å²) in [6.07, 6.45) is 4.51. The number of fused-ring (bicyclic) bond motifs is 1. The Kier molecular flexibility index (Phi) is 9.75. The van der Waals surface area contributed by atoms with Gasteiger partial charge in [0.2, 0.25) is 5.91 Å². The van der Waals surface area contributed by atoms with Crippen molar-refractivity contribution in [3.63, 3.8) is 0 Å². The van der Waals surface area contributed by atoms with Gasteiger partial charge in [0.05, 0.1) is 29.6 Å². The number of carboxylic acid groups (broad SMARTS) is 2. The maximum atomic E-state index is 14.2. The van der Waals surface area contributed by atoms with Crippen molar-refractivity contribution in [3.8, 4) is 0 Å². The number of benzene rings is 2. The largest absolute Gasteiger partial charge is 0.478 e. The van der Waals surface area contributed by atoms with E-state index in [1.54, 1.807) is 41.3 Å². The number of nitrogens with zero attached hydrogens (tertiary/aromatic N) is 2.